The molecule has 1 aliphatic heterocycles. The second kappa shape index (κ2) is 3.74. The molecule has 1 unspecified atom stereocenters. The zero-order valence-corrected chi connectivity index (χ0v) is 8.96. The molecule has 0 amide bonds. The molecule has 0 spiro atoms. The van der Waals surface area contributed by atoms with E-state index in [9.17, 15) is 0 Å². The van der Waals surface area contributed by atoms with Gasteiger partial charge < -0.3 is 0 Å². The number of hydrogen-bond acceptors (Lipinski definition) is 1. The summed E-state index contributed by atoms with van der Waals surface area (Å²) in [5.74, 6) is -0.134. The van der Waals surface area contributed by atoms with E-state index in [1.54, 1.807) is 5.41 Å². The maximum absolute atomic E-state index is 8.80. The van der Waals surface area contributed by atoms with E-state index >= 15 is 0 Å². The number of nitrogens with zero attached hydrogens (tertiary/aromatic N) is 1. The summed E-state index contributed by atoms with van der Waals surface area (Å²) >= 11 is 0. The van der Waals surface area contributed by atoms with Crippen molar-refractivity contribution >= 4 is 29.8 Å². The molecule has 1 nitrogen and oxygen atoms in total. The maximum atomic E-state index is 8.80. The Balaban J connectivity index is 2.86. The van der Waals surface area contributed by atoms with Crippen LogP contribution in [0.2, 0.25) is 0 Å². The summed E-state index contributed by atoms with van der Waals surface area (Å²) in [7, 11) is 10.2. The molecular weight excluding hydrogens is 213 g/mol. The molecule has 0 aromatic carbocycles. The number of halogens is 2. The second-order valence-electron chi connectivity index (χ2n) is 2.50. The van der Waals surface area contributed by atoms with Gasteiger partial charge in [0.2, 0.25) is 0 Å². The van der Waals surface area contributed by atoms with Crippen LogP contribution in [-0.2, 0) is 0 Å². The topological polar surface area (TPSA) is 23.8 Å². The molecule has 4 heteroatoms. The van der Waals surface area contributed by atoms with Crippen LogP contribution in [0.15, 0.2) is 22.5 Å². The molecule has 0 aliphatic carbocycles. The van der Waals surface area contributed by atoms with Gasteiger partial charge >= 0.3 is 0 Å². The van der Waals surface area contributed by atoms with Crippen LogP contribution in [0, 0.1) is 17.2 Å². The van der Waals surface area contributed by atoms with Crippen molar-refractivity contribution in [2.45, 2.75) is 13.3 Å². The van der Waals surface area contributed by atoms with Gasteiger partial charge in [-0.05, 0) is 47.7 Å². The van der Waals surface area contributed by atoms with Gasteiger partial charge in [-0.1, -0.05) is 13.0 Å². The first-order valence-electron chi connectivity index (χ1n) is 3.62. The Morgan fingerprint density at radius 2 is 2.33 bits per heavy atom. The lowest BCUT2D eigenvalue weighted by Gasteiger charge is -2.23. The summed E-state index contributed by atoms with van der Waals surface area (Å²) in [6, 6.07) is 2.19. The highest BCUT2D eigenvalue weighted by Gasteiger charge is 2.29. The van der Waals surface area contributed by atoms with E-state index in [4.69, 9.17) is 26.6 Å². The minimum atomic E-state index is -1.81. The van der Waals surface area contributed by atoms with E-state index in [-0.39, 0.29) is 5.92 Å². The van der Waals surface area contributed by atoms with Gasteiger partial charge in [-0.25, -0.2) is 0 Å². The van der Waals surface area contributed by atoms with E-state index in [0.29, 0.717) is 0 Å². The fourth-order valence-electron chi connectivity index (χ4n) is 1.06. The molecule has 1 rings (SSSR count). The lowest BCUT2D eigenvalue weighted by molar-refractivity contribution is 0.777. The fourth-order valence-corrected chi connectivity index (χ4v) is 3.67. The van der Waals surface area contributed by atoms with Crippen LogP contribution in [0.5, 0.6) is 0 Å². The lowest BCUT2D eigenvalue weighted by atomic mass is 10.1. The van der Waals surface area contributed by atoms with Crippen molar-refractivity contribution in [2.24, 2.45) is 5.92 Å². The number of rotatable bonds is 2. The van der Waals surface area contributed by atoms with Crippen molar-refractivity contribution in [2.75, 3.05) is 0 Å². The zero-order chi connectivity index (χ0) is 9.19. The van der Waals surface area contributed by atoms with Gasteiger partial charge in [0.1, 0.15) is 0 Å². The third-order valence-corrected chi connectivity index (χ3v) is 4.97. The quantitative estimate of drug-likeness (QED) is 0.691. The first-order valence-corrected chi connectivity index (χ1v) is 6.97. The average Bonchev–Trinajstić information content (AvgIpc) is 2.34. The van der Waals surface area contributed by atoms with E-state index in [1.165, 1.54) is 0 Å². The van der Waals surface area contributed by atoms with E-state index in [2.05, 4.69) is 6.07 Å². The minimum Gasteiger partial charge on any atom is -0.198 e. The molecule has 0 radical (unpaired) electrons. The van der Waals surface area contributed by atoms with Crippen LogP contribution in [0.4, 0.5) is 0 Å². The van der Waals surface area contributed by atoms with Crippen LogP contribution in [0.3, 0.4) is 0 Å². The largest absolute Gasteiger partial charge is 0.198 e. The molecule has 12 heavy (non-hydrogen) atoms. The standard InChI is InChI=1S/C8H9Cl2NS/c1-2-7(6-11)8-4-3-5-12(8,9)10/h3-5,7H,2H2,1H3. The average molecular weight is 222 g/mol. The molecule has 1 atom stereocenters. The predicted molar refractivity (Wildman–Crippen MR) is 55.9 cm³/mol. The minimum absolute atomic E-state index is 0.134. The number of nitriles is 1. The van der Waals surface area contributed by atoms with Gasteiger partial charge in [0.15, 0.2) is 0 Å². The molecule has 0 aromatic rings. The van der Waals surface area contributed by atoms with Gasteiger partial charge in [0.25, 0.3) is 0 Å². The maximum Gasteiger partial charge on any atom is 0.0779 e. The van der Waals surface area contributed by atoms with Crippen LogP contribution < -0.4 is 0 Å². The predicted octanol–water partition coefficient (Wildman–Crippen LogP) is 4.06. The van der Waals surface area contributed by atoms with Gasteiger partial charge in [-0.3, -0.25) is 0 Å². The summed E-state index contributed by atoms with van der Waals surface area (Å²) in [6.45, 7) is 1.95. The lowest BCUT2D eigenvalue weighted by Crippen LogP contribution is -1.99. The van der Waals surface area contributed by atoms with Gasteiger partial charge in [-0.15, -0.1) is 0 Å². The summed E-state index contributed by atoms with van der Waals surface area (Å²) in [5.41, 5.74) is 0. The molecular formula is C8H9Cl2NS. The smallest absolute Gasteiger partial charge is 0.0779 e. The van der Waals surface area contributed by atoms with Crippen LogP contribution in [-0.4, -0.2) is 0 Å². The van der Waals surface area contributed by atoms with Crippen molar-refractivity contribution in [1.82, 2.24) is 0 Å². The van der Waals surface area contributed by atoms with Crippen LogP contribution >= 0.6 is 29.8 Å². The number of allylic oxidation sites excluding steroid dienone is 3. The molecule has 1 aliphatic rings. The van der Waals surface area contributed by atoms with Crippen molar-refractivity contribution in [1.29, 1.82) is 5.26 Å². The van der Waals surface area contributed by atoms with Crippen LogP contribution in [0.1, 0.15) is 13.3 Å². The zero-order valence-electron chi connectivity index (χ0n) is 6.63. The highest BCUT2D eigenvalue weighted by Crippen LogP contribution is 2.70. The van der Waals surface area contributed by atoms with Gasteiger partial charge in [-0.2, -0.15) is 5.26 Å². The Bertz CT molecular complexity index is 275. The summed E-state index contributed by atoms with van der Waals surface area (Å²) < 4.78 is 0. The van der Waals surface area contributed by atoms with E-state index in [0.717, 1.165) is 11.3 Å². The monoisotopic (exact) mass is 221 g/mol. The summed E-state index contributed by atoms with van der Waals surface area (Å²) in [4.78, 5) is 0.871. The molecule has 0 fully saturated rings. The Hall–Kier alpha value is -0.100. The van der Waals surface area contributed by atoms with Crippen molar-refractivity contribution < 1.29 is 0 Å². The Kier molecular flexibility index (Phi) is 3.11. The molecule has 0 aromatic heterocycles. The third kappa shape index (κ3) is 1.80. The molecule has 0 N–H and O–H groups in total. The first-order chi connectivity index (χ1) is 5.61. The van der Waals surface area contributed by atoms with E-state index in [1.807, 2.05) is 19.1 Å². The van der Waals surface area contributed by atoms with Crippen molar-refractivity contribution in [3.63, 3.8) is 0 Å². The SMILES string of the molecule is CCC(C#N)C1=CC=CS1(Cl)Cl. The second-order valence-corrected chi connectivity index (χ2v) is 7.65. The summed E-state index contributed by atoms with van der Waals surface area (Å²) in [5, 5.41) is 10.6. The highest BCUT2D eigenvalue weighted by atomic mass is 36.0. The fraction of sp³-hybridized carbons (Fsp3) is 0.375. The van der Waals surface area contributed by atoms with Gasteiger partial charge in [0.05, 0.1) is 12.0 Å². The highest BCUT2D eigenvalue weighted by molar-refractivity contribution is 8.70. The molecule has 66 valence electrons. The van der Waals surface area contributed by atoms with Crippen molar-refractivity contribution in [3.8, 4) is 6.07 Å². The Morgan fingerprint density at radius 1 is 1.67 bits per heavy atom. The molecule has 1 heterocycles. The normalized spacial score (nSPS) is 24.3. The summed E-state index contributed by atoms with van der Waals surface area (Å²) in [6.07, 6.45) is 4.44. The van der Waals surface area contributed by atoms with E-state index < -0.39 is 8.46 Å². The number of hydrogen-bond donors (Lipinski definition) is 0. The first kappa shape index (κ1) is 9.98. The molecule has 0 saturated heterocycles. The van der Waals surface area contributed by atoms with Crippen LogP contribution in [0.25, 0.3) is 0 Å². The Morgan fingerprint density at radius 3 is 2.67 bits per heavy atom. The molecule has 0 saturated carbocycles. The molecule has 0 bridgehead atoms. The van der Waals surface area contributed by atoms with Gasteiger partial charge in [0, 0.05) is 4.91 Å². The Labute approximate surface area is 83.0 Å². The third-order valence-electron chi connectivity index (χ3n) is 1.73. The van der Waals surface area contributed by atoms with Crippen molar-refractivity contribution in [3.05, 3.63) is 22.5 Å².